The fraction of sp³-hybridized carbons (Fsp3) is 0.733. The van der Waals surface area contributed by atoms with Crippen molar-refractivity contribution in [3.63, 3.8) is 0 Å². The predicted molar refractivity (Wildman–Crippen MR) is 88.4 cm³/mol. The number of thiophene rings is 1. The van der Waals surface area contributed by atoms with Crippen LogP contribution in [-0.2, 0) is 16.4 Å². The minimum absolute atomic E-state index is 0.122. The van der Waals surface area contributed by atoms with Gasteiger partial charge in [0.15, 0.2) is 0 Å². The van der Waals surface area contributed by atoms with E-state index >= 15 is 0 Å². The van der Waals surface area contributed by atoms with Gasteiger partial charge in [0.2, 0.25) is 10.0 Å². The highest BCUT2D eigenvalue weighted by Crippen LogP contribution is 2.24. The second-order valence-corrected chi connectivity index (χ2v) is 9.14. The van der Waals surface area contributed by atoms with Crippen LogP contribution in [0, 0.1) is 0 Å². The minimum Gasteiger partial charge on any atom is -0.314 e. The molecule has 0 atom stereocenters. The highest BCUT2D eigenvalue weighted by molar-refractivity contribution is 7.91. The van der Waals surface area contributed by atoms with Crippen LogP contribution in [0.25, 0.3) is 0 Å². The van der Waals surface area contributed by atoms with E-state index in [0.717, 1.165) is 43.5 Å². The molecule has 0 aliphatic heterocycles. The first-order valence-corrected chi connectivity index (χ1v) is 10.1. The van der Waals surface area contributed by atoms with E-state index in [1.54, 1.807) is 6.07 Å². The third kappa shape index (κ3) is 5.36. The molecule has 1 aliphatic carbocycles. The van der Waals surface area contributed by atoms with Gasteiger partial charge in [0.1, 0.15) is 4.21 Å². The van der Waals surface area contributed by atoms with E-state index in [4.69, 9.17) is 0 Å². The third-order valence-corrected chi connectivity index (χ3v) is 6.91. The van der Waals surface area contributed by atoms with E-state index < -0.39 is 10.0 Å². The predicted octanol–water partition coefficient (Wildman–Crippen LogP) is 2.90. The maximum atomic E-state index is 12.4. The van der Waals surface area contributed by atoms with Crippen molar-refractivity contribution >= 4 is 21.4 Å². The zero-order valence-electron chi connectivity index (χ0n) is 12.9. The van der Waals surface area contributed by atoms with Gasteiger partial charge >= 0.3 is 0 Å². The van der Waals surface area contributed by atoms with Crippen molar-refractivity contribution in [3.8, 4) is 0 Å². The topological polar surface area (TPSA) is 58.2 Å². The first kappa shape index (κ1) is 16.9. The molecule has 4 nitrogen and oxygen atoms in total. The summed E-state index contributed by atoms with van der Waals surface area (Å²) in [4.78, 5) is 1.12. The Kier molecular flexibility index (Phi) is 6.22. The lowest BCUT2D eigenvalue weighted by atomic mass is 9.96. The van der Waals surface area contributed by atoms with E-state index in [9.17, 15) is 8.42 Å². The molecule has 1 aromatic rings. The van der Waals surface area contributed by atoms with E-state index in [2.05, 4.69) is 23.9 Å². The van der Waals surface area contributed by atoms with Crippen molar-refractivity contribution in [2.24, 2.45) is 0 Å². The standard InChI is InChI=1S/C15H26N2O2S2/c1-12(2)16-11-10-14-8-9-15(20-14)21(18,19)17-13-6-4-3-5-7-13/h8-9,12-13,16-17H,3-7,10-11H2,1-2H3. The van der Waals surface area contributed by atoms with E-state index in [-0.39, 0.29) is 6.04 Å². The average Bonchev–Trinajstić information content (AvgIpc) is 2.88. The van der Waals surface area contributed by atoms with Gasteiger partial charge in [-0.15, -0.1) is 11.3 Å². The van der Waals surface area contributed by atoms with Crippen LogP contribution in [-0.4, -0.2) is 27.0 Å². The highest BCUT2D eigenvalue weighted by Gasteiger charge is 2.23. The molecule has 21 heavy (non-hydrogen) atoms. The van der Waals surface area contributed by atoms with Crippen LogP contribution < -0.4 is 10.0 Å². The molecular weight excluding hydrogens is 304 g/mol. The Balaban J connectivity index is 1.92. The van der Waals surface area contributed by atoms with Gasteiger partial charge in [-0.05, 0) is 31.4 Å². The molecule has 120 valence electrons. The lowest BCUT2D eigenvalue weighted by Crippen LogP contribution is -2.35. The van der Waals surface area contributed by atoms with Gasteiger partial charge < -0.3 is 5.32 Å². The van der Waals surface area contributed by atoms with Crippen LogP contribution in [0.2, 0.25) is 0 Å². The van der Waals surface area contributed by atoms with Gasteiger partial charge in [0.05, 0.1) is 0 Å². The Morgan fingerprint density at radius 3 is 2.62 bits per heavy atom. The third-order valence-electron chi connectivity index (χ3n) is 3.75. The monoisotopic (exact) mass is 330 g/mol. The number of rotatable bonds is 7. The normalized spacial score (nSPS) is 17.5. The number of nitrogens with one attached hydrogen (secondary N) is 2. The molecule has 0 saturated heterocycles. The van der Waals surface area contributed by atoms with Crippen molar-refractivity contribution in [1.82, 2.24) is 10.0 Å². The van der Waals surface area contributed by atoms with Crippen LogP contribution in [0.1, 0.15) is 50.8 Å². The van der Waals surface area contributed by atoms with Crippen molar-refractivity contribution < 1.29 is 8.42 Å². The zero-order valence-corrected chi connectivity index (χ0v) is 14.5. The molecule has 0 radical (unpaired) electrons. The lowest BCUT2D eigenvalue weighted by molar-refractivity contribution is 0.412. The Hall–Kier alpha value is -0.430. The smallest absolute Gasteiger partial charge is 0.250 e. The molecule has 6 heteroatoms. The molecular formula is C15H26N2O2S2. The summed E-state index contributed by atoms with van der Waals surface area (Å²) >= 11 is 1.39. The fourth-order valence-corrected chi connectivity index (χ4v) is 5.30. The fourth-order valence-electron chi connectivity index (χ4n) is 2.62. The Labute approximate surface area is 132 Å². The van der Waals surface area contributed by atoms with Crippen LogP contribution in [0.15, 0.2) is 16.3 Å². The van der Waals surface area contributed by atoms with Gasteiger partial charge in [-0.25, -0.2) is 13.1 Å². The lowest BCUT2D eigenvalue weighted by Gasteiger charge is -2.22. The van der Waals surface area contributed by atoms with E-state index in [1.165, 1.54) is 17.8 Å². The molecule has 2 N–H and O–H groups in total. The Bertz CT molecular complexity index is 532. The first-order valence-electron chi connectivity index (χ1n) is 7.82. The van der Waals surface area contributed by atoms with Crippen molar-refractivity contribution in [1.29, 1.82) is 0 Å². The Morgan fingerprint density at radius 2 is 1.95 bits per heavy atom. The summed E-state index contributed by atoms with van der Waals surface area (Å²) < 4.78 is 28.1. The largest absolute Gasteiger partial charge is 0.314 e. The molecule has 1 fully saturated rings. The summed E-state index contributed by atoms with van der Waals surface area (Å²) in [5, 5.41) is 3.35. The summed E-state index contributed by atoms with van der Waals surface area (Å²) in [5.74, 6) is 0. The zero-order chi connectivity index (χ0) is 15.3. The van der Waals surface area contributed by atoms with Crippen LogP contribution in [0.5, 0.6) is 0 Å². The molecule has 2 rings (SSSR count). The van der Waals surface area contributed by atoms with Crippen LogP contribution in [0.4, 0.5) is 0 Å². The summed E-state index contributed by atoms with van der Waals surface area (Å²) in [7, 11) is -3.33. The molecule has 1 aliphatic rings. The maximum absolute atomic E-state index is 12.4. The summed E-state index contributed by atoms with van der Waals surface area (Å²) in [6.45, 7) is 5.10. The quantitative estimate of drug-likeness (QED) is 0.808. The first-order chi connectivity index (χ1) is 9.97. The molecule has 0 unspecified atom stereocenters. The molecule has 0 spiro atoms. The van der Waals surface area contributed by atoms with Crippen LogP contribution in [0.3, 0.4) is 0 Å². The molecule has 1 saturated carbocycles. The highest BCUT2D eigenvalue weighted by atomic mass is 32.2. The van der Waals surface area contributed by atoms with Gasteiger partial charge in [0, 0.05) is 23.5 Å². The van der Waals surface area contributed by atoms with Crippen molar-refractivity contribution in [3.05, 3.63) is 17.0 Å². The minimum atomic E-state index is -3.33. The molecule has 0 bridgehead atoms. The van der Waals surface area contributed by atoms with Gasteiger partial charge in [-0.3, -0.25) is 0 Å². The molecule has 1 heterocycles. The molecule has 1 aromatic heterocycles. The number of sulfonamides is 1. The van der Waals surface area contributed by atoms with Gasteiger partial charge in [0.25, 0.3) is 0 Å². The summed E-state index contributed by atoms with van der Waals surface area (Å²) in [5.41, 5.74) is 0. The van der Waals surface area contributed by atoms with E-state index in [0.29, 0.717) is 10.3 Å². The second kappa shape index (κ2) is 7.72. The van der Waals surface area contributed by atoms with Gasteiger partial charge in [-0.2, -0.15) is 0 Å². The Morgan fingerprint density at radius 1 is 1.24 bits per heavy atom. The second-order valence-electron chi connectivity index (χ2n) is 6.04. The SMILES string of the molecule is CC(C)NCCc1ccc(S(=O)(=O)NC2CCCCC2)s1. The van der Waals surface area contributed by atoms with Crippen LogP contribution >= 0.6 is 11.3 Å². The summed E-state index contributed by atoms with van der Waals surface area (Å²) in [6.07, 6.45) is 6.30. The summed E-state index contributed by atoms with van der Waals surface area (Å²) in [6, 6.07) is 4.25. The van der Waals surface area contributed by atoms with Crippen molar-refractivity contribution in [2.75, 3.05) is 6.54 Å². The average molecular weight is 331 g/mol. The number of hydrogen-bond acceptors (Lipinski definition) is 4. The van der Waals surface area contributed by atoms with Gasteiger partial charge in [-0.1, -0.05) is 33.1 Å². The maximum Gasteiger partial charge on any atom is 0.250 e. The molecule has 0 aromatic carbocycles. The number of hydrogen-bond donors (Lipinski definition) is 2. The van der Waals surface area contributed by atoms with Crippen molar-refractivity contribution in [2.45, 2.75) is 68.7 Å². The molecule has 0 amide bonds. The van der Waals surface area contributed by atoms with E-state index in [1.807, 2.05) is 6.07 Å².